The normalized spacial score (nSPS) is 14.4. The van der Waals surface area contributed by atoms with Gasteiger partial charge in [0.15, 0.2) is 0 Å². The zero-order valence-corrected chi connectivity index (χ0v) is 45.7. The number of thioether (sulfide) groups is 1. The Morgan fingerprint density at radius 2 is 0.963 bits per heavy atom. The van der Waals surface area contributed by atoms with Crippen LogP contribution in [0.2, 0.25) is 0 Å². The van der Waals surface area contributed by atoms with E-state index in [0.717, 1.165) is 0 Å². The van der Waals surface area contributed by atoms with E-state index >= 15 is 0 Å². The number of aromatic amines is 3. The molecule has 440 valence electrons. The summed E-state index contributed by atoms with van der Waals surface area (Å²) in [7, 11) is 0. The first-order valence-electron chi connectivity index (χ1n) is 25.5. The molecule has 9 unspecified atom stereocenters. The van der Waals surface area contributed by atoms with Crippen molar-refractivity contribution in [2.75, 3.05) is 12.0 Å². The Kier molecular flexibility index (Phi) is 25.8. The van der Waals surface area contributed by atoms with E-state index in [0.29, 0.717) is 34.8 Å². The van der Waals surface area contributed by atoms with Gasteiger partial charge in [-0.15, -0.1) is 0 Å². The van der Waals surface area contributed by atoms with Crippen molar-refractivity contribution < 1.29 is 68.1 Å². The quantitative estimate of drug-likeness (QED) is 0.0214. The van der Waals surface area contributed by atoms with Crippen molar-refractivity contribution >= 4 is 76.9 Å². The number of nitrogens with one attached hydrogen (secondary N) is 11. The number of aromatic hydroxyl groups is 1. The molecule has 3 aromatic heterocycles. The number of carbonyl (C=O) groups is 11. The smallest absolute Gasteiger partial charge is 0.326 e. The molecule has 4 rings (SSSR count). The largest absolute Gasteiger partial charge is 0.508 e. The van der Waals surface area contributed by atoms with Gasteiger partial charge in [0, 0.05) is 67.8 Å². The van der Waals surface area contributed by atoms with Crippen LogP contribution in [0.25, 0.3) is 0 Å². The molecule has 0 radical (unpaired) electrons. The van der Waals surface area contributed by atoms with E-state index in [-0.39, 0.29) is 43.8 Å². The van der Waals surface area contributed by atoms with Gasteiger partial charge >= 0.3 is 11.9 Å². The minimum Gasteiger partial charge on any atom is -0.508 e. The number of aliphatic carboxylic acids is 2. The molecule has 1 aromatic carbocycles. The Morgan fingerprint density at radius 3 is 1.40 bits per heavy atom. The summed E-state index contributed by atoms with van der Waals surface area (Å²) in [6.45, 7) is 4.72. The molecule has 9 amide bonds. The number of benzene rings is 1. The molecule has 0 saturated carbocycles. The summed E-state index contributed by atoms with van der Waals surface area (Å²) in [5.74, 6) is -11.1. The number of hydrogen-bond acceptors (Lipinski definition) is 17. The number of carbonyl (C=O) groups excluding carboxylic acids is 9. The van der Waals surface area contributed by atoms with Crippen LogP contribution in [0.5, 0.6) is 5.75 Å². The van der Waals surface area contributed by atoms with Crippen LogP contribution in [-0.4, -0.2) is 177 Å². The number of primary amides is 1. The third-order valence-corrected chi connectivity index (χ3v) is 12.9. The molecule has 0 fully saturated rings. The average molecular weight is 1150 g/mol. The van der Waals surface area contributed by atoms with E-state index < -0.39 is 139 Å². The molecular weight excluding hydrogens is 1080 g/mol. The van der Waals surface area contributed by atoms with Crippen LogP contribution < -0.4 is 54.0 Å². The van der Waals surface area contributed by atoms with Crippen LogP contribution in [0.15, 0.2) is 61.8 Å². The van der Waals surface area contributed by atoms with Gasteiger partial charge in [-0.2, -0.15) is 11.8 Å². The zero-order chi connectivity index (χ0) is 59.8. The number of imidazole rings is 3. The van der Waals surface area contributed by atoms with Crippen molar-refractivity contribution in [2.45, 2.75) is 133 Å². The molecule has 0 bridgehead atoms. The highest BCUT2D eigenvalue weighted by Crippen LogP contribution is 2.14. The van der Waals surface area contributed by atoms with Gasteiger partial charge in [-0.05, 0) is 61.8 Å². The van der Waals surface area contributed by atoms with Crippen molar-refractivity contribution in [1.82, 2.24) is 72.4 Å². The summed E-state index contributed by atoms with van der Waals surface area (Å²) in [6.07, 6.45) is 7.31. The maximum Gasteiger partial charge on any atom is 0.326 e. The second kappa shape index (κ2) is 32.3. The molecule has 3 heterocycles. The highest BCUT2D eigenvalue weighted by Gasteiger charge is 2.36. The number of hydrogen-bond donors (Lipinski definition) is 16. The monoisotopic (exact) mass is 1150 g/mol. The van der Waals surface area contributed by atoms with E-state index in [9.17, 15) is 68.1 Å². The topological polar surface area (TPSA) is 483 Å². The number of H-pyrrole nitrogens is 3. The molecule has 0 saturated heterocycles. The molecular formula is C50H70N16O14S. The molecule has 0 aliphatic heterocycles. The fourth-order valence-electron chi connectivity index (χ4n) is 7.89. The van der Waals surface area contributed by atoms with Crippen molar-refractivity contribution in [2.24, 2.45) is 17.4 Å². The molecule has 0 aliphatic carbocycles. The number of aromatic nitrogens is 6. The van der Waals surface area contributed by atoms with Gasteiger partial charge in [-0.3, -0.25) is 47.9 Å². The van der Waals surface area contributed by atoms with Crippen LogP contribution in [-0.2, 0) is 78.4 Å². The molecule has 0 spiro atoms. The maximum atomic E-state index is 14.3. The van der Waals surface area contributed by atoms with E-state index in [1.54, 1.807) is 13.8 Å². The second-order valence-corrected chi connectivity index (χ2v) is 20.3. The maximum absolute atomic E-state index is 14.3. The lowest BCUT2D eigenvalue weighted by Gasteiger charge is -2.27. The lowest BCUT2D eigenvalue weighted by atomic mass is 10.0. The van der Waals surface area contributed by atoms with Crippen LogP contribution in [0.3, 0.4) is 0 Å². The Bertz CT molecular complexity index is 2750. The van der Waals surface area contributed by atoms with Gasteiger partial charge in [-0.25, -0.2) is 19.7 Å². The summed E-state index contributed by atoms with van der Waals surface area (Å²) >= 11 is 1.46. The van der Waals surface area contributed by atoms with Gasteiger partial charge in [0.25, 0.3) is 0 Å². The number of amides is 9. The van der Waals surface area contributed by atoms with Crippen LogP contribution >= 0.6 is 11.8 Å². The summed E-state index contributed by atoms with van der Waals surface area (Å²) in [5, 5.41) is 49.1. The predicted octanol–water partition coefficient (Wildman–Crippen LogP) is -3.32. The summed E-state index contributed by atoms with van der Waals surface area (Å²) < 4.78 is 0. The molecule has 4 aromatic rings. The number of phenols is 1. The number of nitrogens with zero attached hydrogens (tertiary/aromatic N) is 3. The minimum absolute atomic E-state index is 0.0392. The van der Waals surface area contributed by atoms with E-state index in [1.807, 2.05) is 6.26 Å². The summed E-state index contributed by atoms with van der Waals surface area (Å²) in [6, 6.07) is -7.54. The number of phenolic OH excluding ortho intramolecular Hbond substituents is 1. The molecule has 81 heavy (non-hydrogen) atoms. The van der Waals surface area contributed by atoms with Gasteiger partial charge in [0.1, 0.15) is 54.1 Å². The third kappa shape index (κ3) is 22.4. The third-order valence-electron chi connectivity index (χ3n) is 12.2. The molecule has 18 N–H and O–H groups in total. The van der Waals surface area contributed by atoms with Crippen LogP contribution in [0.4, 0.5) is 0 Å². The minimum atomic E-state index is -1.80. The molecule has 0 aliphatic rings. The van der Waals surface area contributed by atoms with Gasteiger partial charge < -0.3 is 84.3 Å². The lowest BCUT2D eigenvalue weighted by Crippen LogP contribution is -2.61. The van der Waals surface area contributed by atoms with Gasteiger partial charge in [0.2, 0.25) is 53.2 Å². The fourth-order valence-corrected chi connectivity index (χ4v) is 8.38. The Morgan fingerprint density at radius 1 is 0.543 bits per heavy atom. The molecule has 30 nitrogen and oxygen atoms in total. The van der Waals surface area contributed by atoms with Crippen LogP contribution in [0, 0.1) is 5.92 Å². The van der Waals surface area contributed by atoms with Gasteiger partial charge in [-0.1, -0.05) is 26.0 Å². The number of carboxylic acids is 2. The summed E-state index contributed by atoms with van der Waals surface area (Å²) in [5.41, 5.74) is 13.1. The zero-order valence-electron chi connectivity index (χ0n) is 44.9. The van der Waals surface area contributed by atoms with Crippen LogP contribution in [0.1, 0.15) is 75.5 Å². The number of carboxylic acid groups (broad SMARTS) is 2. The Hall–Kier alpha value is -8.87. The number of rotatable bonds is 35. The SMILES string of the molecule is CSCCC(N)C(=O)NC(Cc1cnc[nH]1)C(=O)NC(CCC(=O)O)C(=O)NC(C)C(=O)NC(CC(C)C)C(=O)NC(Cc1cnc[nH]1)C(=O)NC(CC(N)=O)C(=O)NC(Cc1cnc[nH]1)C(=O)NC(Cc1ccc(O)cc1)C(=O)O. The fraction of sp³-hybridized carbons (Fsp3) is 0.480. The lowest BCUT2D eigenvalue weighted by molar-refractivity contribution is -0.142. The molecule has 31 heteroatoms. The average Bonchev–Trinajstić information content (AvgIpc) is 4.24. The van der Waals surface area contributed by atoms with Gasteiger partial charge in [0.05, 0.1) is 31.4 Å². The van der Waals surface area contributed by atoms with E-state index in [1.165, 1.54) is 80.5 Å². The van der Waals surface area contributed by atoms with E-state index in [2.05, 4.69) is 72.4 Å². The number of nitrogens with two attached hydrogens (primary N) is 2. The Labute approximate surface area is 468 Å². The van der Waals surface area contributed by atoms with Crippen molar-refractivity contribution in [1.29, 1.82) is 0 Å². The standard InChI is InChI=1S/C50H70N16O14S/c1-25(2)13-34(61-42(71)26(3)59-44(73)33(9-10-41(69)70)60-46(75)35(15-28-19-53-22-56-28)62-43(72)32(51)11-12-81-4)45(74)63-36(16-29-20-54-23-57-29)47(76)65-38(18-40(52)68)49(78)64-37(17-30-21-55-24-58-30)48(77)66-39(50(79)80)14-27-5-7-31(67)8-6-27/h5-8,19-26,32-39,67H,9-18,51H2,1-4H3,(H2,52,68)(H,53,56)(H,54,57)(H,55,58)(H,59,73)(H,60,75)(H,61,71)(H,62,72)(H,63,74)(H,64,78)(H,65,76)(H,66,77)(H,69,70)(H,79,80). The first kappa shape index (κ1) is 64.7. The highest BCUT2D eigenvalue weighted by molar-refractivity contribution is 7.98. The summed E-state index contributed by atoms with van der Waals surface area (Å²) in [4.78, 5) is 167. The Balaban J connectivity index is 1.52. The first-order chi connectivity index (χ1) is 38.4. The molecule has 9 atom stereocenters. The highest BCUT2D eigenvalue weighted by atomic mass is 32.2. The second-order valence-electron chi connectivity index (χ2n) is 19.3. The van der Waals surface area contributed by atoms with E-state index in [4.69, 9.17) is 11.5 Å². The van der Waals surface area contributed by atoms with Crippen molar-refractivity contribution in [3.63, 3.8) is 0 Å². The first-order valence-corrected chi connectivity index (χ1v) is 26.9. The van der Waals surface area contributed by atoms with Crippen molar-refractivity contribution in [3.8, 4) is 5.75 Å². The van der Waals surface area contributed by atoms with Crippen molar-refractivity contribution in [3.05, 3.63) is 84.5 Å². The predicted molar refractivity (Wildman–Crippen MR) is 289 cm³/mol.